The van der Waals surface area contributed by atoms with Gasteiger partial charge in [0.2, 0.25) is 0 Å². The van der Waals surface area contributed by atoms with Gasteiger partial charge in [-0.25, -0.2) is 0 Å². The molecule has 13 aromatic rings. The van der Waals surface area contributed by atoms with Gasteiger partial charge >= 0.3 is 0 Å². The van der Waals surface area contributed by atoms with E-state index in [1.165, 1.54) is 128 Å². The Kier molecular flexibility index (Phi) is 12.1. The first-order chi connectivity index (χ1) is 42.6. The van der Waals surface area contributed by atoms with Gasteiger partial charge in [-0.1, -0.05) is 256 Å². The smallest absolute Gasteiger partial charge is 0.0726 e. The fourth-order valence-corrected chi connectivity index (χ4v) is 15.8. The van der Waals surface area contributed by atoms with Gasteiger partial charge in [0, 0.05) is 38.9 Å². The Bertz CT molecular complexity index is 4890. The minimum absolute atomic E-state index is 0.124. The Morgan fingerprint density at radius 2 is 0.784 bits per heavy atom. The Morgan fingerprint density at radius 1 is 0.341 bits per heavy atom. The minimum atomic E-state index is -0.518. The Hall–Kier alpha value is -9.76. The van der Waals surface area contributed by atoms with Crippen molar-refractivity contribution in [2.45, 2.75) is 78.6 Å². The van der Waals surface area contributed by atoms with E-state index in [-0.39, 0.29) is 16.2 Å². The van der Waals surface area contributed by atoms with Crippen LogP contribution in [-0.4, -0.2) is 4.57 Å². The quantitative estimate of drug-likeness (QED) is 0.140. The van der Waals surface area contributed by atoms with E-state index in [1.54, 1.807) is 0 Å². The first-order valence-electron chi connectivity index (χ1n) is 31.6. The molecule has 1 spiro atoms. The molecule has 0 saturated carbocycles. The largest absolute Gasteiger partial charge is 0.310 e. The number of benzene rings is 12. The lowest BCUT2D eigenvalue weighted by molar-refractivity contribution is 0.229. The maximum absolute atomic E-state index is 2.53. The molecule has 1 heterocycles. The third-order valence-electron chi connectivity index (χ3n) is 20.0. The molecule has 16 rings (SSSR count). The fraction of sp³-hybridized carbons (Fsp3) is 0.163. The van der Waals surface area contributed by atoms with Crippen molar-refractivity contribution in [1.82, 2.24) is 4.57 Å². The second kappa shape index (κ2) is 19.9. The zero-order valence-electron chi connectivity index (χ0n) is 51.7. The van der Waals surface area contributed by atoms with E-state index < -0.39 is 5.41 Å². The number of hydrogen-bond donors (Lipinski definition) is 0. The number of hydrogen-bond acceptors (Lipinski definition) is 1. The number of fused-ring (bicyclic) bond motifs is 16. The molecule has 3 aliphatic rings. The highest BCUT2D eigenvalue weighted by molar-refractivity contribution is 6.11. The lowest BCUT2D eigenvalue weighted by Gasteiger charge is -2.36. The van der Waals surface area contributed by atoms with Crippen LogP contribution in [0.15, 0.2) is 273 Å². The summed E-state index contributed by atoms with van der Waals surface area (Å²) >= 11 is 0. The summed E-state index contributed by atoms with van der Waals surface area (Å²) in [6, 6.07) is 104. The van der Waals surface area contributed by atoms with Crippen LogP contribution in [0.25, 0.3) is 94.3 Å². The van der Waals surface area contributed by atoms with Crippen LogP contribution >= 0.6 is 0 Å². The van der Waals surface area contributed by atoms with Crippen LogP contribution in [0.4, 0.5) is 17.1 Å². The average Bonchev–Trinajstić information content (AvgIpc) is 1.51. The third-order valence-corrected chi connectivity index (χ3v) is 20.0. The molecule has 3 aliphatic carbocycles. The van der Waals surface area contributed by atoms with Gasteiger partial charge in [0.1, 0.15) is 0 Å². The van der Waals surface area contributed by atoms with Crippen LogP contribution in [0, 0.1) is 10.8 Å². The number of nitrogens with zero attached hydrogens (tertiary/aromatic N) is 2. The second-order valence-corrected chi connectivity index (χ2v) is 27.9. The Morgan fingerprint density at radius 3 is 1.42 bits per heavy atom. The Labute approximate surface area is 519 Å². The van der Waals surface area contributed by atoms with Crippen molar-refractivity contribution in [3.8, 4) is 72.4 Å². The van der Waals surface area contributed by atoms with Crippen molar-refractivity contribution < 1.29 is 0 Å². The summed E-state index contributed by atoms with van der Waals surface area (Å²) in [5.74, 6) is 0.456. The average molecular weight is 1130 g/mol. The van der Waals surface area contributed by atoms with Crippen LogP contribution in [0.5, 0.6) is 0 Å². The van der Waals surface area contributed by atoms with Gasteiger partial charge in [0.15, 0.2) is 0 Å². The first kappa shape index (κ1) is 53.7. The highest BCUT2D eigenvalue weighted by atomic mass is 15.1. The van der Waals surface area contributed by atoms with Crippen molar-refractivity contribution in [2.24, 2.45) is 10.8 Å². The molecule has 0 amide bonds. The normalized spacial score (nSPS) is 15.4. The van der Waals surface area contributed by atoms with Gasteiger partial charge in [-0.05, 0) is 202 Å². The highest BCUT2D eigenvalue weighted by Crippen LogP contribution is 2.64. The molecule has 2 unspecified atom stereocenters. The molecule has 2 nitrogen and oxygen atoms in total. The zero-order chi connectivity index (χ0) is 59.8. The molecule has 0 aliphatic heterocycles. The number of rotatable bonds is 9. The molecule has 0 bridgehead atoms. The summed E-state index contributed by atoms with van der Waals surface area (Å²) in [5.41, 5.74) is 31.3. The molecule has 0 fully saturated rings. The molecule has 426 valence electrons. The van der Waals surface area contributed by atoms with Crippen molar-refractivity contribution in [2.75, 3.05) is 4.90 Å². The van der Waals surface area contributed by atoms with E-state index in [4.69, 9.17) is 0 Å². The van der Waals surface area contributed by atoms with E-state index >= 15 is 0 Å². The standard InChI is InChI=1S/C86H72N2/c1-83(2,3)54-80(84(4,5)6)59-32-30-57(31-33-59)61-38-46-70-67-23-13-17-27-75(67)86(78(70)51-61)76-28-18-14-24-68(76)71-48-45-65(53-79(71)86)88-81-29-19-15-25-72(81)73-50-60(39-49-82(73)88)58-36-42-63(43-37-58)87(62-40-34-56(35-41-62)55-20-10-9-11-21-55)64-44-47-69-66-22-12-16-26-74(66)85(7,8)77(69)52-64/h9-53,80H,54H2,1-8H3. The maximum atomic E-state index is 2.53. The lowest BCUT2D eigenvalue weighted by atomic mass is 9.69. The van der Waals surface area contributed by atoms with E-state index in [9.17, 15) is 0 Å². The molecule has 12 aromatic carbocycles. The molecule has 0 saturated heterocycles. The molecule has 1 aromatic heterocycles. The van der Waals surface area contributed by atoms with Crippen LogP contribution in [0.3, 0.4) is 0 Å². The van der Waals surface area contributed by atoms with Crippen molar-refractivity contribution in [1.29, 1.82) is 0 Å². The van der Waals surface area contributed by atoms with Gasteiger partial charge in [0.25, 0.3) is 0 Å². The van der Waals surface area contributed by atoms with Crippen LogP contribution in [-0.2, 0) is 10.8 Å². The number of aromatic nitrogens is 1. The van der Waals surface area contributed by atoms with Crippen molar-refractivity contribution in [3.05, 3.63) is 312 Å². The zero-order valence-corrected chi connectivity index (χ0v) is 51.7. The summed E-state index contributed by atoms with van der Waals surface area (Å²) in [6.07, 6.45) is 1.14. The molecular formula is C86H72N2. The SMILES string of the molecule is CC(C)(C)CC(c1ccc(-c2ccc3c(c2)C2(c4ccccc4-3)c3ccccc3-c3ccc(-n4c5ccccc5c5cc(-c6ccc(N(c7ccc(-c8ccccc8)cc7)c7ccc8c(c7)C(C)(C)c7ccccc7-8)cc6)ccc54)cc32)cc1)C(C)(C)C. The fourth-order valence-electron chi connectivity index (χ4n) is 15.8. The topological polar surface area (TPSA) is 8.17 Å². The van der Waals surface area contributed by atoms with Crippen LogP contribution < -0.4 is 4.90 Å². The summed E-state index contributed by atoms with van der Waals surface area (Å²) in [6.45, 7) is 19.0. The second-order valence-electron chi connectivity index (χ2n) is 27.9. The molecule has 2 heteroatoms. The monoisotopic (exact) mass is 1130 g/mol. The summed E-state index contributed by atoms with van der Waals surface area (Å²) in [7, 11) is 0. The molecule has 88 heavy (non-hydrogen) atoms. The lowest BCUT2D eigenvalue weighted by Crippen LogP contribution is -2.26. The van der Waals surface area contributed by atoms with Gasteiger partial charge in [-0.15, -0.1) is 0 Å². The molecular weight excluding hydrogens is 1060 g/mol. The third kappa shape index (κ3) is 8.36. The van der Waals surface area contributed by atoms with Gasteiger partial charge in [-0.2, -0.15) is 0 Å². The van der Waals surface area contributed by atoms with E-state index in [0.717, 1.165) is 29.2 Å². The Balaban J connectivity index is 0.789. The minimum Gasteiger partial charge on any atom is -0.310 e. The van der Waals surface area contributed by atoms with Crippen molar-refractivity contribution >= 4 is 38.9 Å². The van der Waals surface area contributed by atoms with Gasteiger partial charge in [-0.3, -0.25) is 0 Å². The molecule has 2 atom stereocenters. The number of anilines is 3. The van der Waals surface area contributed by atoms with E-state index in [1.807, 2.05) is 0 Å². The summed E-state index contributed by atoms with van der Waals surface area (Å²) in [4.78, 5) is 2.42. The van der Waals surface area contributed by atoms with Crippen molar-refractivity contribution in [3.63, 3.8) is 0 Å². The molecule has 0 N–H and O–H groups in total. The summed E-state index contributed by atoms with van der Waals surface area (Å²) < 4.78 is 2.51. The number of para-hydroxylation sites is 1. The van der Waals surface area contributed by atoms with Gasteiger partial charge < -0.3 is 9.47 Å². The molecule has 0 radical (unpaired) electrons. The first-order valence-corrected chi connectivity index (χ1v) is 31.6. The highest BCUT2D eigenvalue weighted by Gasteiger charge is 2.52. The van der Waals surface area contributed by atoms with E-state index in [2.05, 4.69) is 338 Å². The van der Waals surface area contributed by atoms with Gasteiger partial charge in [0.05, 0.1) is 16.4 Å². The van der Waals surface area contributed by atoms with Crippen LogP contribution in [0.2, 0.25) is 0 Å². The summed E-state index contributed by atoms with van der Waals surface area (Å²) in [5, 5.41) is 2.47. The predicted molar refractivity (Wildman–Crippen MR) is 372 cm³/mol. The maximum Gasteiger partial charge on any atom is 0.0726 e. The predicted octanol–water partition coefficient (Wildman–Crippen LogP) is 23.5. The van der Waals surface area contributed by atoms with E-state index in [0.29, 0.717) is 5.92 Å². The van der Waals surface area contributed by atoms with Crippen LogP contribution in [0.1, 0.15) is 107 Å².